The van der Waals surface area contributed by atoms with Gasteiger partial charge in [0, 0.05) is 22.3 Å². The minimum atomic E-state index is -0.611. The second kappa shape index (κ2) is 10.5. The maximum atomic E-state index is 13.3. The summed E-state index contributed by atoms with van der Waals surface area (Å²) >= 11 is 12.5. The smallest absolute Gasteiger partial charge is 0.235 e. The highest BCUT2D eigenvalue weighted by Crippen LogP contribution is 2.45. The normalized spacial score (nSPS) is 15.4. The van der Waals surface area contributed by atoms with Gasteiger partial charge in [-0.2, -0.15) is 0 Å². The van der Waals surface area contributed by atoms with E-state index in [-0.39, 0.29) is 5.91 Å². The molecule has 0 heterocycles. The molecule has 0 saturated heterocycles. The van der Waals surface area contributed by atoms with Gasteiger partial charge in [0.25, 0.3) is 0 Å². The maximum absolute atomic E-state index is 13.3. The van der Waals surface area contributed by atoms with Gasteiger partial charge in [-0.3, -0.25) is 4.79 Å². The van der Waals surface area contributed by atoms with E-state index in [1.165, 1.54) is 0 Å². The lowest BCUT2D eigenvalue weighted by Crippen LogP contribution is -2.38. The van der Waals surface area contributed by atoms with Crippen LogP contribution in [0.15, 0.2) is 42.5 Å². The summed E-state index contributed by atoms with van der Waals surface area (Å²) in [5.74, 6) is 0.788. The van der Waals surface area contributed by atoms with Crippen LogP contribution in [-0.2, 0) is 10.2 Å². The molecule has 1 fully saturated rings. The first-order chi connectivity index (χ1) is 14.5. The van der Waals surface area contributed by atoms with Crippen LogP contribution in [0.5, 0.6) is 5.75 Å². The Balaban J connectivity index is 1.66. The van der Waals surface area contributed by atoms with Gasteiger partial charge in [0.2, 0.25) is 5.91 Å². The van der Waals surface area contributed by atoms with Crippen LogP contribution in [0.25, 0.3) is 0 Å². The van der Waals surface area contributed by atoms with E-state index < -0.39 is 5.41 Å². The maximum Gasteiger partial charge on any atom is 0.235 e. The van der Waals surface area contributed by atoms with Gasteiger partial charge in [0.05, 0.1) is 5.41 Å². The number of carbonyl (C=O) groups excluding carboxylic acids is 1. The van der Waals surface area contributed by atoms with Crippen molar-refractivity contribution in [2.75, 3.05) is 31.6 Å². The summed E-state index contributed by atoms with van der Waals surface area (Å²) in [6.07, 6.45) is 3.58. The Bertz CT molecular complexity index is 845. The van der Waals surface area contributed by atoms with Crippen molar-refractivity contribution in [2.45, 2.75) is 44.9 Å². The first kappa shape index (κ1) is 22.9. The number of amides is 1. The first-order valence-corrected chi connectivity index (χ1v) is 11.5. The van der Waals surface area contributed by atoms with Gasteiger partial charge in [0.15, 0.2) is 0 Å². The van der Waals surface area contributed by atoms with Crippen LogP contribution in [-0.4, -0.2) is 37.0 Å². The number of likely N-dealkylation sites (N-methyl/N-ethyl adjacent to an activating group) is 1. The molecule has 1 N–H and O–H groups in total. The number of carbonyl (C=O) groups is 1. The lowest BCUT2D eigenvalue weighted by atomic mass is 9.78. The number of halogens is 2. The van der Waals surface area contributed by atoms with E-state index in [2.05, 4.69) is 24.1 Å². The minimum Gasteiger partial charge on any atom is -0.492 e. The Kier molecular flexibility index (Phi) is 8.04. The number of benzene rings is 2. The number of ether oxygens (including phenoxy) is 1. The summed E-state index contributed by atoms with van der Waals surface area (Å²) in [6.45, 7) is 7.88. The van der Waals surface area contributed by atoms with Crippen molar-refractivity contribution in [3.8, 4) is 5.75 Å². The molecule has 4 nitrogen and oxygen atoms in total. The Morgan fingerprint density at radius 1 is 1.07 bits per heavy atom. The quantitative estimate of drug-likeness (QED) is 0.498. The Hall–Kier alpha value is -1.75. The Labute approximate surface area is 189 Å². The largest absolute Gasteiger partial charge is 0.492 e. The summed E-state index contributed by atoms with van der Waals surface area (Å²) in [6, 6.07) is 13.0. The predicted octanol–water partition coefficient (Wildman–Crippen LogP) is 6.16. The lowest BCUT2D eigenvalue weighted by Gasteiger charge is -2.29. The summed E-state index contributed by atoms with van der Waals surface area (Å²) in [5.41, 5.74) is 1.01. The second-order valence-corrected chi connectivity index (χ2v) is 8.61. The van der Waals surface area contributed by atoms with Crippen molar-refractivity contribution in [1.29, 1.82) is 0 Å². The highest BCUT2D eigenvalue weighted by atomic mass is 35.5. The van der Waals surface area contributed by atoms with Gasteiger partial charge in [-0.05, 0) is 67.9 Å². The molecule has 162 valence electrons. The fourth-order valence-electron chi connectivity index (χ4n) is 4.19. The van der Waals surface area contributed by atoms with Crippen LogP contribution in [0.1, 0.15) is 45.1 Å². The highest BCUT2D eigenvalue weighted by molar-refractivity contribution is 6.35. The molecule has 1 amide bonds. The molecule has 0 radical (unpaired) electrons. The molecule has 1 saturated carbocycles. The van der Waals surface area contributed by atoms with Crippen LogP contribution in [0.3, 0.4) is 0 Å². The predicted molar refractivity (Wildman–Crippen MR) is 125 cm³/mol. The van der Waals surface area contributed by atoms with Crippen LogP contribution < -0.4 is 10.1 Å². The number of nitrogens with one attached hydrogen (secondary N) is 1. The molecule has 2 aromatic rings. The van der Waals surface area contributed by atoms with Gasteiger partial charge in [-0.15, -0.1) is 0 Å². The third-order valence-electron chi connectivity index (χ3n) is 6.02. The molecule has 1 aliphatic carbocycles. The van der Waals surface area contributed by atoms with Crippen molar-refractivity contribution in [1.82, 2.24) is 4.90 Å². The Morgan fingerprint density at radius 3 is 2.33 bits per heavy atom. The fourth-order valence-corrected chi connectivity index (χ4v) is 4.78. The van der Waals surface area contributed by atoms with E-state index in [0.717, 1.165) is 62.3 Å². The third-order valence-corrected chi connectivity index (χ3v) is 6.57. The molecule has 6 heteroatoms. The van der Waals surface area contributed by atoms with E-state index >= 15 is 0 Å². The molecular weight excluding hydrogens is 419 g/mol. The molecule has 0 unspecified atom stereocenters. The summed E-state index contributed by atoms with van der Waals surface area (Å²) in [7, 11) is 0. The first-order valence-electron chi connectivity index (χ1n) is 10.7. The number of rotatable bonds is 9. The van der Waals surface area contributed by atoms with Crippen molar-refractivity contribution in [3.05, 3.63) is 58.1 Å². The average Bonchev–Trinajstić information content (AvgIpc) is 3.23. The summed E-state index contributed by atoms with van der Waals surface area (Å²) < 4.78 is 5.83. The van der Waals surface area contributed by atoms with Crippen molar-refractivity contribution in [3.63, 3.8) is 0 Å². The van der Waals surface area contributed by atoms with Crippen molar-refractivity contribution < 1.29 is 9.53 Å². The average molecular weight is 449 g/mol. The number of hydrogen-bond donors (Lipinski definition) is 1. The molecule has 0 atom stereocenters. The van der Waals surface area contributed by atoms with Crippen molar-refractivity contribution >= 4 is 34.8 Å². The lowest BCUT2D eigenvalue weighted by molar-refractivity contribution is -0.121. The number of nitrogens with zero attached hydrogens (tertiary/aromatic N) is 1. The molecule has 30 heavy (non-hydrogen) atoms. The molecule has 0 bridgehead atoms. The van der Waals surface area contributed by atoms with Gasteiger partial charge >= 0.3 is 0 Å². The summed E-state index contributed by atoms with van der Waals surface area (Å²) in [5, 5.41) is 4.22. The van der Waals surface area contributed by atoms with Crippen LogP contribution in [0, 0.1) is 0 Å². The molecular formula is C24H30Cl2N2O2. The zero-order chi connectivity index (χ0) is 21.6. The third kappa shape index (κ3) is 5.29. The van der Waals surface area contributed by atoms with E-state index in [1.54, 1.807) is 12.1 Å². The van der Waals surface area contributed by atoms with E-state index in [1.807, 2.05) is 30.3 Å². The minimum absolute atomic E-state index is 0.0144. The van der Waals surface area contributed by atoms with Gasteiger partial charge < -0.3 is 15.0 Å². The monoisotopic (exact) mass is 448 g/mol. The van der Waals surface area contributed by atoms with Crippen LogP contribution in [0.4, 0.5) is 5.69 Å². The standard InChI is InChI=1S/C24H30Cl2N2O2/c1-3-28(4-2)15-16-30-20-10-8-19(9-11-20)27-23(29)24(13-5-6-14-24)21-12-7-18(25)17-22(21)26/h7-12,17H,3-6,13-16H2,1-2H3,(H,27,29). The molecule has 2 aromatic carbocycles. The van der Waals surface area contributed by atoms with Gasteiger partial charge in [-0.1, -0.05) is 56.0 Å². The molecule has 0 aliphatic heterocycles. The van der Waals surface area contributed by atoms with Crippen LogP contribution >= 0.6 is 23.2 Å². The highest BCUT2D eigenvalue weighted by Gasteiger charge is 2.44. The number of anilines is 1. The molecule has 0 aromatic heterocycles. The number of hydrogen-bond acceptors (Lipinski definition) is 3. The summed E-state index contributed by atoms with van der Waals surface area (Å²) in [4.78, 5) is 15.6. The van der Waals surface area contributed by atoms with Gasteiger partial charge in [-0.25, -0.2) is 0 Å². The van der Waals surface area contributed by atoms with Crippen LogP contribution in [0.2, 0.25) is 10.0 Å². The van der Waals surface area contributed by atoms with E-state index in [4.69, 9.17) is 27.9 Å². The van der Waals surface area contributed by atoms with E-state index in [0.29, 0.717) is 16.7 Å². The van der Waals surface area contributed by atoms with E-state index in [9.17, 15) is 4.79 Å². The zero-order valence-corrected chi connectivity index (χ0v) is 19.2. The molecule has 1 aliphatic rings. The van der Waals surface area contributed by atoms with Crippen molar-refractivity contribution in [2.24, 2.45) is 0 Å². The molecule has 3 rings (SSSR count). The Morgan fingerprint density at radius 2 is 1.73 bits per heavy atom. The zero-order valence-electron chi connectivity index (χ0n) is 17.7. The fraction of sp³-hybridized carbons (Fsp3) is 0.458. The molecule has 0 spiro atoms. The topological polar surface area (TPSA) is 41.6 Å². The second-order valence-electron chi connectivity index (χ2n) is 7.77. The SMILES string of the molecule is CCN(CC)CCOc1ccc(NC(=O)C2(c3ccc(Cl)cc3Cl)CCCC2)cc1. The van der Waals surface area contributed by atoms with Gasteiger partial charge in [0.1, 0.15) is 12.4 Å².